The number of rotatable bonds is 3. The average molecular weight is 241 g/mol. The van der Waals surface area contributed by atoms with Crippen LogP contribution < -0.4 is 10.5 Å². The van der Waals surface area contributed by atoms with Crippen LogP contribution in [0.1, 0.15) is 11.6 Å². The Morgan fingerprint density at radius 3 is 2.19 bits per heavy atom. The molecule has 7 heteroatoms. The predicted octanol–water partition coefficient (Wildman–Crippen LogP) is 2.85. The Balaban J connectivity index is 3.03. The number of halogens is 5. The van der Waals surface area contributed by atoms with Crippen molar-refractivity contribution in [1.29, 1.82) is 0 Å². The van der Waals surface area contributed by atoms with Crippen molar-refractivity contribution in [2.45, 2.75) is 18.8 Å². The van der Waals surface area contributed by atoms with Crippen LogP contribution in [-0.4, -0.2) is 12.8 Å². The molecule has 0 radical (unpaired) electrons. The Kier molecular flexibility index (Phi) is 3.69. The van der Waals surface area contributed by atoms with Gasteiger partial charge in [0.2, 0.25) is 0 Å². The van der Waals surface area contributed by atoms with Crippen molar-refractivity contribution in [3.8, 4) is 5.75 Å². The molecule has 0 spiro atoms. The molecule has 0 aliphatic heterocycles. The summed E-state index contributed by atoms with van der Waals surface area (Å²) in [6, 6.07) is 2.20. The van der Waals surface area contributed by atoms with E-state index in [1.165, 1.54) is 12.1 Å². The van der Waals surface area contributed by atoms with E-state index in [1.807, 2.05) is 0 Å². The molecule has 90 valence electrons. The molecule has 1 aromatic rings. The first-order valence-electron chi connectivity index (χ1n) is 4.18. The van der Waals surface area contributed by atoms with E-state index in [9.17, 15) is 22.0 Å². The standard InChI is InChI=1S/C9H8F5NO/c10-8(11)16-6-4-2-1-3-5(6)7(15)9(12,13)14/h1-4,7-8H,15H2. The van der Waals surface area contributed by atoms with Crippen LogP contribution in [0.15, 0.2) is 24.3 Å². The molecule has 0 amide bonds. The third-order valence-corrected chi connectivity index (χ3v) is 1.82. The Hall–Kier alpha value is -1.37. The highest BCUT2D eigenvalue weighted by atomic mass is 19.4. The van der Waals surface area contributed by atoms with E-state index in [-0.39, 0.29) is 0 Å². The van der Waals surface area contributed by atoms with Crippen LogP contribution in [-0.2, 0) is 0 Å². The predicted molar refractivity (Wildman–Crippen MR) is 46.1 cm³/mol. The van der Waals surface area contributed by atoms with Crippen LogP contribution >= 0.6 is 0 Å². The summed E-state index contributed by atoms with van der Waals surface area (Å²) in [4.78, 5) is 0. The first-order valence-corrected chi connectivity index (χ1v) is 4.18. The van der Waals surface area contributed by atoms with E-state index in [0.29, 0.717) is 0 Å². The quantitative estimate of drug-likeness (QED) is 0.826. The van der Waals surface area contributed by atoms with Gasteiger partial charge < -0.3 is 10.5 Å². The number of hydrogen-bond donors (Lipinski definition) is 1. The van der Waals surface area contributed by atoms with Gasteiger partial charge in [0.15, 0.2) is 0 Å². The number of ether oxygens (including phenoxy) is 1. The lowest BCUT2D eigenvalue weighted by Gasteiger charge is -2.18. The van der Waals surface area contributed by atoms with Gasteiger partial charge >= 0.3 is 12.8 Å². The molecule has 0 aromatic heterocycles. The molecule has 0 aliphatic rings. The molecule has 0 aliphatic carbocycles. The minimum absolute atomic E-state index is 0.518. The van der Waals surface area contributed by atoms with Crippen molar-refractivity contribution >= 4 is 0 Å². The molecule has 1 rings (SSSR count). The lowest BCUT2D eigenvalue weighted by Crippen LogP contribution is -2.29. The minimum Gasteiger partial charge on any atom is -0.434 e. The smallest absolute Gasteiger partial charge is 0.407 e. The molecule has 1 unspecified atom stereocenters. The fourth-order valence-corrected chi connectivity index (χ4v) is 1.12. The highest BCUT2D eigenvalue weighted by Gasteiger charge is 2.39. The normalized spacial score (nSPS) is 13.9. The number of benzene rings is 1. The van der Waals surface area contributed by atoms with Gasteiger partial charge in [-0.25, -0.2) is 0 Å². The zero-order valence-electron chi connectivity index (χ0n) is 7.84. The van der Waals surface area contributed by atoms with Crippen LogP contribution in [0.3, 0.4) is 0 Å². The summed E-state index contributed by atoms with van der Waals surface area (Å²) in [5.41, 5.74) is 4.38. The molecule has 2 nitrogen and oxygen atoms in total. The van der Waals surface area contributed by atoms with Crippen LogP contribution in [0.2, 0.25) is 0 Å². The summed E-state index contributed by atoms with van der Waals surface area (Å²) in [5.74, 6) is -0.567. The Morgan fingerprint density at radius 2 is 1.69 bits per heavy atom. The van der Waals surface area contributed by atoms with Crippen molar-refractivity contribution in [1.82, 2.24) is 0 Å². The largest absolute Gasteiger partial charge is 0.434 e. The van der Waals surface area contributed by atoms with Gasteiger partial charge in [-0.3, -0.25) is 0 Å². The molecule has 0 fully saturated rings. The van der Waals surface area contributed by atoms with E-state index < -0.39 is 30.1 Å². The fourth-order valence-electron chi connectivity index (χ4n) is 1.12. The Labute approximate surface area is 87.8 Å². The molecule has 0 bridgehead atoms. The monoisotopic (exact) mass is 241 g/mol. The van der Waals surface area contributed by atoms with Crippen LogP contribution in [0.5, 0.6) is 5.75 Å². The van der Waals surface area contributed by atoms with Gasteiger partial charge in [-0.05, 0) is 6.07 Å². The first-order chi connectivity index (χ1) is 7.32. The van der Waals surface area contributed by atoms with Crippen molar-refractivity contribution < 1.29 is 26.7 Å². The zero-order chi connectivity index (χ0) is 12.3. The maximum absolute atomic E-state index is 12.3. The molecule has 0 saturated heterocycles. The Morgan fingerprint density at radius 1 is 1.12 bits per heavy atom. The fraction of sp³-hybridized carbons (Fsp3) is 0.333. The highest BCUT2D eigenvalue weighted by Crippen LogP contribution is 2.35. The molecule has 2 N–H and O–H groups in total. The van der Waals surface area contributed by atoms with Crippen LogP contribution in [0.25, 0.3) is 0 Å². The summed E-state index contributed by atoms with van der Waals surface area (Å²) in [6.45, 7) is -3.19. The lowest BCUT2D eigenvalue weighted by atomic mass is 10.1. The van der Waals surface area contributed by atoms with Crippen LogP contribution in [0.4, 0.5) is 22.0 Å². The van der Waals surface area contributed by atoms with Gasteiger partial charge in [-0.15, -0.1) is 0 Å². The average Bonchev–Trinajstić information content (AvgIpc) is 2.15. The molecule has 1 aromatic carbocycles. The van der Waals surface area contributed by atoms with E-state index in [4.69, 9.17) is 5.73 Å². The van der Waals surface area contributed by atoms with Gasteiger partial charge in [0.05, 0.1) is 0 Å². The van der Waals surface area contributed by atoms with Crippen LogP contribution in [0, 0.1) is 0 Å². The summed E-state index contributed by atoms with van der Waals surface area (Å²) in [6.07, 6.45) is -4.71. The van der Waals surface area contributed by atoms with Crippen molar-refractivity contribution in [3.05, 3.63) is 29.8 Å². The molecule has 1 atom stereocenters. The van der Waals surface area contributed by atoms with E-state index in [2.05, 4.69) is 4.74 Å². The van der Waals surface area contributed by atoms with Gasteiger partial charge in [0.1, 0.15) is 11.8 Å². The first kappa shape index (κ1) is 12.7. The molecular formula is C9H8F5NO. The van der Waals surface area contributed by atoms with E-state index in [1.54, 1.807) is 0 Å². The minimum atomic E-state index is -4.71. The summed E-state index contributed by atoms with van der Waals surface area (Å²) in [7, 11) is 0. The maximum Gasteiger partial charge on any atom is 0.407 e. The van der Waals surface area contributed by atoms with Gasteiger partial charge in [0, 0.05) is 5.56 Å². The summed E-state index contributed by atoms with van der Waals surface area (Å²) < 4.78 is 64.6. The lowest BCUT2D eigenvalue weighted by molar-refractivity contribution is -0.150. The van der Waals surface area contributed by atoms with Gasteiger partial charge in [-0.1, -0.05) is 18.2 Å². The Bertz CT molecular complexity index is 352. The highest BCUT2D eigenvalue weighted by molar-refractivity contribution is 5.36. The third-order valence-electron chi connectivity index (χ3n) is 1.82. The molecule has 0 heterocycles. The third kappa shape index (κ3) is 3.06. The summed E-state index contributed by atoms with van der Waals surface area (Å²) >= 11 is 0. The summed E-state index contributed by atoms with van der Waals surface area (Å²) in [5, 5.41) is 0. The zero-order valence-corrected chi connectivity index (χ0v) is 7.84. The number of alkyl halides is 5. The number of nitrogens with two attached hydrogens (primary N) is 1. The van der Waals surface area contributed by atoms with Gasteiger partial charge in [0.25, 0.3) is 0 Å². The number of para-hydroxylation sites is 1. The second-order valence-corrected chi connectivity index (χ2v) is 2.94. The van der Waals surface area contributed by atoms with Gasteiger partial charge in [-0.2, -0.15) is 22.0 Å². The van der Waals surface area contributed by atoms with Crippen molar-refractivity contribution in [2.75, 3.05) is 0 Å². The SMILES string of the molecule is NC(c1ccccc1OC(F)F)C(F)(F)F. The second kappa shape index (κ2) is 4.65. The molecule has 16 heavy (non-hydrogen) atoms. The second-order valence-electron chi connectivity index (χ2n) is 2.94. The molecule has 0 saturated carbocycles. The topological polar surface area (TPSA) is 35.2 Å². The number of hydrogen-bond acceptors (Lipinski definition) is 2. The van der Waals surface area contributed by atoms with Crippen molar-refractivity contribution in [3.63, 3.8) is 0 Å². The van der Waals surface area contributed by atoms with E-state index in [0.717, 1.165) is 12.1 Å². The molecular weight excluding hydrogens is 233 g/mol. The van der Waals surface area contributed by atoms with E-state index >= 15 is 0 Å². The van der Waals surface area contributed by atoms with Crippen molar-refractivity contribution in [2.24, 2.45) is 5.73 Å². The maximum atomic E-state index is 12.3.